The van der Waals surface area contributed by atoms with Gasteiger partial charge in [0, 0.05) is 36.7 Å². The molecule has 6 heteroatoms. The predicted octanol–water partition coefficient (Wildman–Crippen LogP) is 4.66. The van der Waals surface area contributed by atoms with E-state index in [4.69, 9.17) is 9.47 Å². The standard InChI is InChI=1S/C27H30FNO4/c1-17-24-13-22(31)6-9-25(24)33-27(26(17)20-2-5-21(30)12-20)19-3-7-23(8-4-19)32-11-10-29-15-18(14-28)16-29/h3-4,6-9,12-13,18,21,27,30-31H,2,5,10-11,14-16H2,1H3. The zero-order valence-corrected chi connectivity index (χ0v) is 18.8. The summed E-state index contributed by atoms with van der Waals surface area (Å²) in [7, 11) is 0. The van der Waals surface area contributed by atoms with E-state index in [2.05, 4.69) is 11.8 Å². The Kier molecular flexibility index (Phi) is 6.13. The molecule has 2 heterocycles. The molecule has 1 fully saturated rings. The van der Waals surface area contributed by atoms with E-state index in [1.807, 2.05) is 30.3 Å². The molecule has 5 nitrogen and oxygen atoms in total. The Morgan fingerprint density at radius 2 is 1.94 bits per heavy atom. The van der Waals surface area contributed by atoms with Crippen LogP contribution in [0.2, 0.25) is 0 Å². The van der Waals surface area contributed by atoms with Crippen molar-refractivity contribution in [3.8, 4) is 17.2 Å². The number of phenols is 1. The number of aromatic hydroxyl groups is 1. The first-order chi connectivity index (χ1) is 16.0. The highest BCUT2D eigenvalue weighted by atomic mass is 19.1. The monoisotopic (exact) mass is 451 g/mol. The summed E-state index contributed by atoms with van der Waals surface area (Å²) in [4.78, 5) is 2.20. The van der Waals surface area contributed by atoms with E-state index >= 15 is 0 Å². The number of likely N-dealkylation sites (tertiary alicyclic amines) is 1. The van der Waals surface area contributed by atoms with Gasteiger partial charge in [-0.2, -0.15) is 0 Å². The first-order valence-electron chi connectivity index (χ1n) is 11.6. The number of phenolic OH excluding ortho intramolecular Hbond substituents is 1. The number of alkyl halides is 1. The molecule has 2 aliphatic heterocycles. The van der Waals surface area contributed by atoms with Crippen molar-refractivity contribution < 1.29 is 24.1 Å². The molecule has 2 atom stereocenters. The maximum absolute atomic E-state index is 12.6. The molecule has 0 aromatic heterocycles. The van der Waals surface area contributed by atoms with Gasteiger partial charge in [0.1, 0.15) is 30.0 Å². The number of hydrogen-bond acceptors (Lipinski definition) is 5. The summed E-state index contributed by atoms with van der Waals surface area (Å²) in [5.41, 5.74) is 5.09. The average molecular weight is 452 g/mol. The number of benzene rings is 2. The molecule has 0 bridgehead atoms. The summed E-state index contributed by atoms with van der Waals surface area (Å²) in [6, 6.07) is 13.1. The lowest BCUT2D eigenvalue weighted by Gasteiger charge is -2.37. The van der Waals surface area contributed by atoms with E-state index in [1.165, 1.54) is 0 Å². The molecule has 33 heavy (non-hydrogen) atoms. The second kappa shape index (κ2) is 9.20. The van der Waals surface area contributed by atoms with Gasteiger partial charge in [0.25, 0.3) is 0 Å². The summed E-state index contributed by atoms with van der Waals surface area (Å²) in [5, 5.41) is 20.1. The third kappa shape index (κ3) is 4.50. The fraction of sp³-hybridized carbons (Fsp3) is 0.407. The molecule has 0 spiro atoms. The summed E-state index contributed by atoms with van der Waals surface area (Å²) < 4.78 is 24.9. The van der Waals surface area contributed by atoms with Crippen LogP contribution < -0.4 is 9.47 Å². The smallest absolute Gasteiger partial charge is 0.149 e. The van der Waals surface area contributed by atoms with Crippen LogP contribution in [0.15, 0.2) is 59.7 Å². The fourth-order valence-corrected chi connectivity index (χ4v) is 5.00. The van der Waals surface area contributed by atoms with Gasteiger partial charge in [0.05, 0.1) is 12.8 Å². The van der Waals surface area contributed by atoms with Crippen LogP contribution in [0.25, 0.3) is 5.57 Å². The highest BCUT2D eigenvalue weighted by molar-refractivity contribution is 5.79. The molecule has 1 saturated heterocycles. The Morgan fingerprint density at radius 3 is 2.64 bits per heavy atom. The second-order valence-corrected chi connectivity index (χ2v) is 9.21. The average Bonchev–Trinajstić information content (AvgIpc) is 3.21. The predicted molar refractivity (Wildman–Crippen MR) is 125 cm³/mol. The summed E-state index contributed by atoms with van der Waals surface area (Å²) in [6.07, 6.45) is 2.69. The maximum Gasteiger partial charge on any atom is 0.149 e. The Morgan fingerprint density at radius 1 is 1.15 bits per heavy atom. The third-order valence-corrected chi connectivity index (χ3v) is 6.84. The van der Waals surface area contributed by atoms with E-state index in [1.54, 1.807) is 18.2 Å². The molecule has 2 N–H and O–H groups in total. The first-order valence-corrected chi connectivity index (χ1v) is 11.6. The van der Waals surface area contributed by atoms with Crippen molar-refractivity contribution in [2.24, 2.45) is 5.92 Å². The van der Waals surface area contributed by atoms with Gasteiger partial charge in [0.2, 0.25) is 0 Å². The quantitative estimate of drug-likeness (QED) is 0.641. The van der Waals surface area contributed by atoms with Gasteiger partial charge in [-0.25, -0.2) is 0 Å². The normalized spacial score (nSPS) is 23.1. The summed E-state index contributed by atoms with van der Waals surface area (Å²) in [5.74, 6) is 1.92. The van der Waals surface area contributed by atoms with E-state index in [0.717, 1.165) is 65.4 Å². The molecule has 0 radical (unpaired) electrons. The number of rotatable bonds is 7. The maximum atomic E-state index is 12.6. The number of hydrogen-bond donors (Lipinski definition) is 2. The zero-order valence-electron chi connectivity index (χ0n) is 18.8. The van der Waals surface area contributed by atoms with Gasteiger partial charge in [-0.05, 0) is 66.8 Å². The molecule has 174 valence electrons. The molecule has 0 saturated carbocycles. The Labute approximate surface area is 193 Å². The van der Waals surface area contributed by atoms with E-state index in [0.29, 0.717) is 13.0 Å². The van der Waals surface area contributed by atoms with Crippen LogP contribution in [0.5, 0.6) is 17.2 Å². The van der Waals surface area contributed by atoms with Gasteiger partial charge in [-0.15, -0.1) is 0 Å². The van der Waals surface area contributed by atoms with Gasteiger partial charge < -0.3 is 19.7 Å². The van der Waals surface area contributed by atoms with Crippen LogP contribution in [0.3, 0.4) is 0 Å². The van der Waals surface area contributed by atoms with E-state index < -0.39 is 6.10 Å². The first kappa shape index (κ1) is 22.0. The van der Waals surface area contributed by atoms with Gasteiger partial charge in [-0.1, -0.05) is 18.2 Å². The van der Waals surface area contributed by atoms with E-state index in [9.17, 15) is 14.6 Å². The molecule has 3 aliphatic rings. The highest BCUT2D eigenvalue weighted by Crippen LogP contribution is 2.47. The van der Waals surface area contributed by atoms with Crippen LogP contribution in [0, 0.1) is 5.92 Å². The Hall–Kier alpha value is -2.83. The van der Waals surface area contributed by atoms with Crippen molar-refractivity contribution in [1.82, 2.24) is 4.90 Å². The Balaban J connectivity index is 1.34. The number of allylic oxidation sites excluding steroid dienone is 1. The topological polar surface area (TPSA) is 62.2 Å². The van der Waals surface area contributed by atoms with Crippen molar-refractivity contribution >= 4 is 5.57 Å². The minimum absolute atomic E-state index is 0.190. The minimum Gasteiger partial charge on any atom is -0.508 e. The van der Waals surface area contributed by atoms with Crippen LogP contribution in [0.1, 0.15) is 37.0 Å². The largest absolute Gasteiger partial charge is 0.508 e. The van der Waals surface area contributed by atoms with Crippen molar-refractivity contribution in [2.75, 3.05) is 32.9 Å². The summed E-state index contributed by atoms with van der Waals surface area (Å²) >= 11 is 0. The number of ether oxygens (including phenoxy) is 2. The molecule has 2 aromatic carbocycles. The molecular weight excluding hydrogens is 421 g/mol. The molecule has 1 aliphatic carbocycles. The Bertz CT molecular complexity index is 1070. The molecule has 5 rings (SSSR count). The third-order valence-electron chi connectivity index (χ3n) is 6.84. The molecule has 2 aromatic rings. The van der Waals surface area contributed by atoms with Crippen LogP contribution >= 0.6 is 0 Å². The van der Waals surface area contributed by atoms with Crippen LogP contribution in [0.4, 0.5) is 4.39 Å². The van der Waals surface area contributed by atoms with Crippen LogP contribution in [-0.4, -0.2) is 54.1 Å². The fourth-order valence-electron chi connectivity index (χ4n) is 5.00. The lowest BCUT2D eigenvalue weighted by molar-refractivity contribution is 0.0668. The number of aliphatic hydroxyl groups is 1. The van der Waals surface area contributed by atoms with E-state index in [-0.39, 0.29) is 24.4 Å². The summed E-state index contributed by atoms with van der Waals surface area (Å²) in [6.45, 7) is 4.82. The molecule has 0 amide bonds. The minimum atomic E-state index is -0.436. The van der Waals surface area contributed by atoms with Gasteiger partial charge in [-0.3, -0.25) is 9.29 Å². The van der Waals surface area contributed by atoms with Crippen molar-refractivity contribution in [2.45, 2.75) is 32.0 Å². The molecular formula is C27H30FNO4. The number of halogens is 1. The van der Waals surface area contributed by atoms with Crippen molar-refractivity contribution in [1.29, 1.82) is 0 Å². The van der Waals surface area contributed by atoms with Crippen molar-refractivity contribution in [3.05, 3.63) is 70.8 Å². The molecule has 2 unspecified atom stereocenters. The van der Waals surface area contributed by atoms with Crippen molar-refractivity contribution in [3.63, 3.8) is 0 Å². The lowest BCUT2D eigenvalue weighted by Crippen LogP contribution is -2.49. The second-order valence-electron chi connectivity index (χ2n) is 9.21. The van der Waals surface area contributed by atoms with Gasteiger partial charge in [0.15, 0.2) is 0 Å². The lowest BCUT2D eigenvalue weighted by atomic mass is 9.85. The SMILES string of the molecule is CC1=C(C2=CC(O)CC2)C(c2ccc(OCCN3CC(CF)C3)cc2)Oc2ccc(O)cc21. The van der Waals surface area contributed by atoms with Crippen LogP contribution in [-0.2, 0) is 0 Å². The highest BCUT2D eigenvalue weighted by Gasteiger charge is 2.32. The number of nitrogens with zero attached hydrogens (tertiary/aromatic N) is 1. The van der Waals surface area contributed by atoms with Gasteiger partial charge >= 0.3 is 0 Å². The zero-order chi connectivity index (χ0) is 22.9. The number of fused-ring (bicyclic) bond motifs is 1. The number of aliphatic hydroxyl groups excluding tert-OH is 1.